The molecule has 1 saturated heterocycles. The highest BCUT2D eigenvalue weighted by molar-refractivity contribution is 5.13. The molecule has 0 aliphatic carbocycles. The predicted octanol–water partition coefficient (Wildman–Crippen LogP) is 1.21. The van der Waals surface area contributed by atoms with Crippen LogP contribution in [0.15, 0.2) is 24.5 Å². The van der Waals surface area contributed by atoms with Crippen LogP contribution in [0.4, 0.5) is 0 Å². The summed E-state index contributed by atoms with van der Waals surface area (Å²) in [6.07, 6.45) is 5.62. The molecule has 1 atom stereocenters. The van der Waals surface area contributed by atoms with Gasteiger partial charge in [-0.1, -0.05) is 0 Å². The zero-order valence-electron chi connectivity index (χ0n) is 8.26. The van der Waals surface area contributed by atoms with Crippen LogP contribution in [0.1, 0.15) is 24.5 Å². The van der Waals surface area contributed by atoms with Crippen molar-refractivity contribution in [1.82, 2.24) is 9.88 Å². The summed E-state index contributed by atoms with van der Waals surface area (Å²) in [7, 11) is 0. The Morgan fingerprint density at radius 2 is 1.93 bits per heavy atom. The SMILES string of the molecule is O[C@@H](CN1CCCC1)c1ccncc1. The van der Waals surface area contributed by atoms with E-state index in [1.165, 1.54) is 12.8 Å². The third kappa shape index (κ3) is 2.30. The molecule has 1 aromatic rings. The fourth-order valence-corrected chi connectivity index (χ4v) is 1.90. The highest BCUT2D eigenvalue weighted by Crippen LogP contribution is 2.16. The van der Waals surface area contributed by atoms with Crippen molar-refractivity contribution in [2.75, 3.05) is 19.6 Å². The minimum absolute atomic E-state index is 0.365. The number of nitrogens with zero attached hydrogens (tertiary/aromatic N) is 2. The molecule has 14 heavy (non-hydrogen) atoms. The zero-order valence-corrected chi connectivity index (χ0v) is 8.26. The molecule has 0 saturated carbocycles. The minimum atomic E-state index is -0.365. The second-order valence-corrected chi connectivity index (χ2v) is 3.80. The molecular formula is C11H16N2O. The Hall–Kier alpha value is -0.930. The molecule has 0 spiro atoms. The summed E-state index contributed by atoms with van der Waals surface area (Å²) >= 11 is 0. The summed E-state index contributed by atoms with van der Waals surface area (Å²) in [6, 6.07) is 3.75. The largest absolute Gasteiger partial charge is 0.387 e. The number of likely N-dealkylation sites (tertiary alicyclic amines) is 1. The number of pyridine rings is 1. The first-order valence-electron chi connectivity index (χ1n) is 5.16. The van der Waals surface area contributed by atoms with E-state index in [2.05, 4.69) is 9.88 Å². The number of rotatable bonds is 3. The Morgan fingerprint density at radius 3 is 2.57 bits per heavy atom. The fraction of sp³-hybridized carbons (Fsp3) is 0.545. The Morgan fingerprint density at radius 1 is 1.29 bits per heavy atom. The molecule has 2 heterocycles. The Labute approximate surface area is 84.4 Å². The van der Waals surface area contributed by atoms with E-state index in [0.29, 0.717) is 0 Å². The van der Waals surface area contributed by atoms with Crippen LogP contribution in [0.3, 0.4) is 0 Å². The van der Waals surface area contributed by atoms with Crippen molar-refractivity contribution < 1.29 is 5.11 Å². The van der Waals surface area contributed by atoms with Gasteiger partial charge in [0.15, 0.2) is 0 Å². The third-order valence-electron chi connectivity index (χ3n) is 2.72. The molecule has 1 N–H and O–H groups in total. The van der Waals surface area contributed by atoms with Crippen molar-refractivity contribution in [2.45, 2.75) is 18.9 Å². The molecule has 0 bridgehead atoms. The van der Waals surface area contributed by atoms with Gasteiger partial charge in [0.05, 0.1) is 6.10 Å². The van der Waals surface area contributed by atoms with Gasteiger partial charge in [-0.05, 0) is 43.6 Å². The van der Waals surface area contributed by atoms with Gasteiger partial charge in [-0.15, -0.1) is 0 Å². The molecule has 1 fully saturated rings. The maximum atomic E-state index is 9.91. The lowest BCUT2D eigenvalue weighted by Gasteiger charge is -2.19. The van der Waals surface area contributed by atoms with Crippen LogP contribution in [0.5, 0.6) is 0 Å². The van der Waals surface area contributed by atoms with E-state index in [-0.39, 0.29) is 6.10 Å². The van der Waals surface area contributed by atoms with E-state index in [1.54, 1.807) is 12.4 Å². The minimum Gasteiger partial charge on any atom is -0.387 e. The van der Waals surface area contributed by atoms with Crippen molar-refractivity contribution >= 4 is 0 Å². The molecular weight excluding hydrogens is 176 g/mol. The van der Waals surface area contributed by atoms with Crippen LogP contribution >= 0.6 is 0 Å². The topological polar surface area (TPSA) is 36.4 Å². The second-order valence-electron chi connectivity index (χ2n) is 3.80. The highest BCUT2D eigenvalue weighted by Gasteiger charge is 2.16. The molecule has 0 aromatic carbocycles. The Bertz CT molecular complexity index is 270. The van der Waals surface area contributed by atoms with Gasteiger partial charge in [-0.2, -0.15) is 0 Å². The van der Waals surface area contributed by atoms with Crippen LogP contribution in [-0.2, 0) is 0 Å². The van der Waals surface area contributed by atoms with Gasteiger partial charge in [0, 0.05) is 18.9 Å². The van der Waals surface area contributed by atoms with E-state index in [0.717, 1.165) is 25.2 Å². The van der Waals surface area contributed by atoms with Crippen molar-refractivity contribution in [3.63, 3.8) is 0 Å². The van der Waals surface area contributed by atoms with Gasteiger partial charge < -0.3 is 10.0 Å². The molecule has 1 aliphatic heterocycles. The van der Waals surface area contributed by atoms with Crippen LogP contribution in [0.25, 0.3) is 0 Å². The lowest BCUT2D eigenvalue weighted by atomic mass is 10.1. The molecule has 1 aliphatic rings. The summed E-state index contributed by atoms with van der Waals surface area (Å²) in [5, 5.41) is 9.91. The molecule has 0 amide bonds. The quantitative estimate of drug-likeness (QED) is 0.782. The first-order valence-corrected chi connectivity index (χ1v) is 5.16. The summed E-state index contributed by atoms with van der Waals surface area (Å²) in [6.45, 7) is 3.01. The number of aliphatic hydroxyl groups excluding tert-OH is 1. The average Bonchev–Trinajstić information content (AvgIpc) is 2.72. The number of hydrogen-bond acceptors (Lipinski definition) is 3. The number of hydrogen-bond donors (Lipinski definition) is 1. The fourth-order valence-electron chi connectivity index (χ4n) is 1.90. The normalized spacial score (nSPS) is 19.8. The lowest BCUT2D eigenvalue weighted by Crippen LogP contribution is -2.25. The standard InChI is InChI=1S/C11H16N2O/c14-11(9-13-7-1-2-8-13)10-3-5-12-6-4-10/h3-6,11,14H,1-2,7-9H2/t11-/m0/s1. The number of β-amino-alcohol motifs (C(OH)–C–C–N with tert-alkyl or cyclic N) is 1. The summed E-state index contributed by atoms with van der Waals surface area (Å²) < 4.78 is 0. The van der Waals surface area contributed by atoms with Crippen LogP contribution in [0, 0.1) is 0 Å². The lowest BCUT2D eigenvalue weighted by molar-refractivity contribution is 0.126. The van der Waals surface area contributed by atoms with Crippen LogP contribution in [0.2, 0.25) is 0 Å². The molecule has 0 unspecified atom stereocenters. The van der Waals surface area contributed by atoms with Crippen LogP contribution in [-0.4, -0.2) is 34.6 Å². The van der Waals surface area contributed by atoms with Crippen molar-refractivity contribution in [3.05, 3.63) is 30.1 Å². The maximum absolute atomic E-state index is 9.91. The summed E-state index contributed by atoms with van der Waals surface area (Å²) in [5.41, 5.74) is 0.965. The number of aliphatic hydroxyl groups is 1. The first-order chi connectivity index (χ1) is 6.86. The molecule has 1 aromatic heterocycles. The third-order valence-corrected chi connectivity index (χ3v) is 2.72. The van der Waals surface area contributed by atoms with E-state index in [1.807, 2.05) is 12.1 Å². The first kappa shape index (κ1) is 9.62. The molecule has 3 heteroatoms. The van der Waals surface area contributed by atoms with E-state index in [9.17, 15) is 5.11 Å². The van der Waals surface area contributed by atoms with Gasteiger partial charge in [0.2, 0.25) is 0 Å². The smallest absolute Gasteiger partial charge is 0.0918 e. The Balaban J connectivity index is 1.92. The van der Waals surface area contributed by atoms with Gasteiger partial charge in [0.1, 0.15) is 0 Å². The van der Waals surface area contributed by atoms with Crippen molar-refractivity contribution in [2.24, 2.45) is 0 Å². The number of aromatic nitrogens is 1. The second kappa shape index (κ2) is 4.53. The average molecular weight is 192 g/mol. The Kier molecular flexibility index (Phi) is 3.11. The van der Waals surface area contributed by atoms with Crippen molar-refractivity contribution in [1.29, 1.82) is 0 Å². The van der Waals surface area contributed by atoms with Gasteiger partial charge >= 0.3 is 0 Å². The van der Waals surface area contributed by atoms with Gasteiger partial charge in [0.25, 0.3) is 0 Å². The van der Waals surface area contributed by atoms with Gasteiger partial charge in [-0.3, -0.25) is 4.98 Å². The molecule has 0 radical (unpaired) electrons. The van der Waals surface area contributed by atoms with E-state index >= 15 is 0 Å². The van der Waals surface area contributed by atoms with Gasteiger partial charge in [-0.25, -0.2) is 0 Å². The summed E-state index contributed by atoms with van der Waals surface area (Å²) in [5.74, 6) is 0. The predicted molar refractivity (Wildman–Crippen MR) is 54.9 cm³/mol. The molecule has 76 valence electrons. The monoisotopic (exact) mass is 192 g/mol. The van der Waals surface area contributed by atoms with Crippen LogP contribution < -0.4 is 0 Å². The van der Waals surface area contributed by atoms with Crippen molar-refractivity contribution in [3.8, 4) is 0 Å². The summed E-state index contributed by atoms with van der Waals surface area (Å²) in [4.78, 5) is 6.25. The maximum Gasteiger partial charge on any atom is 0.0918 e. The highest BCUT2D eigenvalue weighted by atomic mass is 16.3. The zero-order chi connectivity index (χ0) is 9.80. The molecule has 2 rings (SSSR count). The van der Waals surface area contributed by atoms with E-state index < -0.39 is 0 Å². The van der Waals surface area contributed by atoms with E-state index in [4.69, 9.17) is 0 Å². The molecule has 3 nitrogen and oxygen atoms in total.